The Labute approximate surface area is 146 Å². The Bertz CT molecular complexity index is 701. The van der Waals surface area contributed by atoms with E-state index in [0.29, 0.717) is 19.5 Å². The number of fused-ring (bicyclic) bond motifs is 1. The standard InChI is InChI=1S/C18H23N3O2S/c1-13-19-11-15(24-13)12-20-18(23)21(9-4-10-22)17-8-7-14-5-2-3-6-16(14)17/h2-3,5-6,11,17,22H,4,7-10,12H2,1H3,(H,20,23)/t17-/m1/s1. The second kappa shape index (κ2) is 7.77. The van der Waals surface area contributed by atoms with E-state index >= 15 is 0 Å². The van der Waals surface area contributed by atoms with Gasteiger partial charge >= 0.3 is 6.03 Å². The first-order valence-corrected chi connectivity index (χ1v) is 9.15. The largest absolute Gasteiger partial charge is 0.396 e. The summed E-state index contributed by atoms with van der Waals surface area (Å²) in [4.78, 5) is 19.9. The zero-order valence-electron chi connectivity index (χ0n) is 13.9. The van der Waals surface area contributed by atoms with Crippen molar-refractivity contribution in [3.63, 3.8) is 0 Å². The summed E-state index contributed by atoms with van der Waals surface area (Å²) in [5.74, 6) is 0. The summed E-state index contributed by atoms with van der Waals surface area (Å²) in [7, 11) is 0. The Kier molecular flexibility index (Phi) is 5.48. The molecule has 0 radical (unpaired) electrons. The lowest BCUT2D eigenvalue weighted by molar-refractivity contribution is 0.164. The van der Waals surface area contributed by atoms with Crippen LogP contribution in [0.25, 0.3) is 0 Å². The van der Waals surface area contributed by atoms with E-state index in [1.807, 2.05) is 30.2 Å². The average molecular weight is 345 g/mol. The first-order chi connectivity index (χ1) is 11.7. The second-order valence-corrected chi connectivity index (χ2v) is 7.35. The smallest absolute Gasteiger partial charge is 0.318 e. The van der Waals surface area contributed by atoms with Crippen molar-refractivity contribution < 1.29 is 9.90 Å². The average Bonchev–Trinajstić information content (AvgIpc) is 3.20. The molecule has 5 nitrogen and oxygen atoms in total. The normalized spacial score (nSPS) is 16.0. The van der Waals surface area contributed by atoms with Crippen LogP contribution in [0, 0.1) is 6.92 Å². The summed E-state index contributed by atoms with van der Waals surface area (Å²) in [6.45, 7) is 3.10. The maximum atomic E-state index is 12.7. The molecular weight excluding hydrogens is 322 g/mol. The Morgan fingerprint density at radius 3 is 3.04 bits per heavy atom. The van der Waals surface area contributed by atoms with E-state index in [4.69, 9.17) is 0 Å². The lowest BCUT2D eigenvalue weighted by Gasteiger charge is -2.30. The topological polar surface area (TPSA) is 65.5 Å². The number of nitrogens with zero attached hydrogens (tertiary/aromatic N) is 2. The lowest BCUT2D eigenvalue weighted by atomic mass is 10.1. The Balaban J connectivity index is 1.70. The molecule has 0 aliphatic heterocycles. The van der Waals surface area contributed by atoms with E-state index in [0.717, 1.165) is 22.7 Å². The molecule has 1 aliphatic rings. The number of hydrogen-bond donors (Lipinski definition) is 2. The van der Waals surface area contributed by atoms with Crippen molar-refractivity contribution in [1.82, 2.24) is 15.2 Å². The van der Waals surface area contributed by atoms with Crippen LogP contribution in [0.1, 0.15) is 39.9 Å². The number of thiazole rings is 1. The number of carbonyl (C=O) groups excluding carboxylic acids is 1. The van der Waals surface area contributed by atoms with Crippen LogP contribution < -0.4 is 5.32 Å². The molecule has 0 fully saturated rings. The molecule has 24 heavy (non-hydrogen) atoms. The molecule has 1 aliphatic carbocycles. The minimum atomic E-state index is -0.0730. The van der Waals surface area contributed by atoms with Crippen LogP contribution in [0.15, 0.2) is 30.5 Å². The van der Waals surface area contributed by atoms with Crippen molar-refractivity contribution in [3.05, 3.63) is 51.5 Å². The van der Waals surface area contributed by atoms with Crippen LogP contribution in [0.4, 0.5) is 4.79 Å². The number of benzene rings is 1. The van der Waals surface area contributed by atoms with Crippen LogP contribution in [0.3, 0.4) is 0 Å². The quantitative estimate of drug-likeness (QED) is 0.846. The predicted octanol–water partition coefficient (Wildman–Crippen LogP) is 3.03. The minimum absolute atomic E-state index is 0.0730. The van der Waals surface area contributed by atoms with Crippen molar-refractivity contribution in [2.24, 2.45) is 0 Å². The highest BCUT2D eigenvalue weighted by Crippen LogP contribution is 2.35. The van der Waals surface area contributed by atoms with Crippen LogP contribution in [0.2, 0.25) is 0 Å². The number of aryl methyl sites for hydroxylation is 2. The lowest BCUT2D eigenvalue weighted by Crippen LogP contribution is -2.42. The monoisotopic (exact) mass is 345 g/mol. The zero-order valence-corrected chi connectivity index (χ0v) is 14.7. The first kappa shape index (κ1) is 16.9. The van der Waals surface area contributed by atoms with Crippen molar-refractivity contribution >= 4 is 17.4 Å². The van der Waals surface area contributed by atoms with Gasteiger partial charge in [-0.3, -0.25) is 0 Å². The van der Waals surface area contributed by atoms with Gasteiger partial charge in [-0.15, -0.1) is 11.3 Å². The number of rotatable bonds is 6. The zero-order chi connectivity index (χ0) is 16.9. The maximum Gasteiger partial charge on any atom is 0.318 e. The predicted molar refractivity (Wildman–Crippen MR) is 95.0 cm³/mol. The molecule has 2 amide bonds. The van der Waals surface area contributed by atoms with Gasteiger partial charge in [0.15, 0.2) is 0 Å². The van der Waals surface area contributed by atoms with Crippen LogP contribution in [-0.4, -0.2) is 34.2 Å². The molecule has 2 N–H and O–H groups in total. The molecule has 0 saturated carbocycles. The third kappa shape index (κ3) is 3.76. The van der Waals surface area contributed by atoms with Gasteiger partial charge in [-0.05, 0) is 37.3 Å². The molecule has 0 spiro atoms. The number of aromatic nitrogens is 1. The molecule has 0 unspecified atom stereocenters. The van der Waals surface area contributed by atoms with E-state index in [-0.39, 0.29) is 18.7 Å². The Morgan fingerprint density at radius 2 is 2.29 bits per heavy atom. The molecule has 1 heterocycles. The molecule has 1 aromatic heterocycles. The second-order valence-electron chi connectivity index (χ2n) is 6.03. The SMILES string of the molecule is Cc1ncc(CNC(=O)N(CCCO)[C@@H]2CCc3ccccc32)s1. The van der Waals surface area contributed by atoms with E-state index in [2.05, 4.69) is 22.4 Å². The third-order valence-corrected chi connectivity index (χ3v) is 5.29. The number of nitrogens with one attached hydrogen (secondary N) is 1. The molecule has 3 rings (SSSR count). The van der Waals surface area contributed by atoms with Gasteiger partial charge in [0.1, 0.15) is 0 Å². The van der Waals surface area contributed by atoms with Gasteiger partial charge < -0.3 is 15.3 Å². The van der Waals surface area contributed by atoms with Crippen LogP contribution >= 0.6 is 11.3 Å². The van der Waals surface area contributed by atoms with E-state index in [1.54, 1.807) is 11.3 Å². The Hall–Kier alpha value is -1.92. The van der Waals surface area contributed by atoms with Crippen molar-refractivity contribution in [1.29, 1.82) is 0 Å². The van der Waals surface area contributed by atoms with Crippen molar-refractivity contribution in [3.8, 4) is 0 Å². The highest BCUT2D eigenvalue weighted by Gasteiger charge is 2.30. The third-order valence-electron chi connectivity index (χ3n) is 4.38. The summed E-state index contributed by atoms with van der Waals surface area (Å²) in [6.07, 6.45) is 4.34. The Morgan fingerprint density at radius 1 is 1.46 bits per heavy atom. The molecule has 1 atom stereocenters. The molecule has 2 aromatic rings. The summed E-state index contributed by atoms with van der Waals surface area (Å²) < 4.78 is 0. The van der Waals surface area contributed by atoms with E-state index < -0.39 is 0 Å². The highest BCUT2D eigenvalue weighted by atomic mass is 32.1. The van der Waals surface area contributed by atoms with Gasteiger partial charge in [0, 0.05) is 24.2 Å². The van der Waals surface area contributed by atoms with E-state index in [1.165, 1.54) is 11.1 Å². The summed E-state index contributed by atoms with van der Waals surface area (Å²) in [6, 6.07) is 8.34. The fourth-order valence-corrected chi connectivity index (χ4v) is 3.98. The molecule has 128 valence electrons. The molecule has 1 aromatic carbocycles. The minimum Gasteiger partial charge on any atom is -0.396 e. The molecule has 0 saturated heterocycles. The number of aliphatic hydroxyl groups is 1. The van der Waals surface area contributed by atoms with Crippen molar-refractivity contribution in [2.75, 3.05) is 13.2 Å². The number of urea groups is 1. The van der Waals surface area contributed by atoms with Gasteiger partial charge in [0.2, 0.25) is 0 Å². The first-order valence-electron chi connectivity index (χ1n) is 8.33. The fourth-order valence-electron chi connectivity index (χ4n) is 3.25. The highest BCUT2D eigenvalue weighted by molar-refractivity contribution is 7.11. The van der Waals surface area contributed by atoms with Gasteiger partial charge in [-0.25, -0.2) is 9.78 Å². The fraction of sp³-hybridized carbons (Fsp3) is 0.444. The van der Waals surface area contributed by atoms with E-state index in [9.17, 15) is 9.90 Å². The van der Waals surface area contributed by atoms with Gasteiger partial charge in [-0.2, -0.15) is 0 Å². The summed E-state index contributed by atoms with van der Waals surface area (Å²) in [5.41, 5.74) is 2.56. The summed E-state index contributed by atoms with van der Waals surface area (Å²) >= 11 is 1.60. The van der Waals surface area contributed by atoms with Gasteiger partial charge in [0.25, 0.3) is 0 Å². The van der Waals surface area contributed by atoms with Crippen molar-refractivity contribution in [2.45, 2.75) is 38.8 Å². The molecular formula is C18H23N3O2S. The molecule has 0 bridgehead atoms. The van der Waals surface area contributed by atoms with Gasteiger partial charge in [-0.1, -0.05) is 24.3 Å². The maximum absolute atomic E-state index is 12.7. The number of amides is 2. The number of carbonyl (C=O) groups is 1. The summed E-state index contributed by atoms with van der Waals surface area (Å²) in [5, 5.41) is 13.2. The van der Waals surface area contributed by atoms with Crippen LogP contribution in [0.5, 0.6) is 0 Å². The number of hydrogen-bond acceptors (Lipinski definition) is 4. The number of aliphatic hydroxyl groups excluding tert-OH is 1. The van der Waals surface area contributed by atoms with Gasteiger partial charge in [0.05, 0.1) is 17.6 Å². The molecule has 6 heteroatoms. The van der Waals surface area contributed by atoms with Crippen LogP contribution in [-0.2, 0) is 13.0 Å².